The van der Waals surface area contributed by atoms with Gasteiger partial charge < -0.3 is 9.64 Å². The van der Waals surface area contributed by atoms with E-state index in [1.165, 1.54) is 0 Å². The first-order valence-electron chi connectivity index (χ1n) is 5.74. The van der Waals surface area contributed by atoms with Gasteiger partial charge in [0.05, 0.1) is 17.2 Å². The van der Waals surface area contributed by atoms with E-state index < -0.39 is 0 Å². The summed E-state index contributed by atoms with van der Waals surface area (Å²) in [5, 5.41) is 0.577. The van der Waals surface area contributed by atoms with Crippen molar-refractivity contribution in [3.05, 3.63) is 28.0 Å². The van der Waals surface area contributed by atoms with Gasteiger partial charge in [-0.1, -0.05) is 23.2 Å². The van der Waals surface area contributed by atoms with Gasteiger partial charge in [0, 0.05) is 13.1 Å². The van der Waals surface area contributed by atoms with Gasteiger partial charge in [-0.15, -0.1) is 0 Å². The predicted molar refractivity (Wildman–Crippen MR) is 70.2 cm³/mol. The molecule has 0 spiro atoms. The zero-order chi connectivity index (χ0) is 13.3. The number of morpholine rings is 1. The van der Waals surface area contributed by atoms with Crippen LogP contribution in [-0.2, 0) is 4.74 Å². The van der Waals surface area contributed by atoms with E-state index in [0.29, 0.717) is 18.1 Å². The fraction of sp³-hybridized carbons (Fsp3) is 0.500. The molecule has 1 aliphatic heterocycles. The second kappa shape index (κ2) is 5.43. The second-order valence-corrected chi connectivity index (χ2v) is 5.23. The molecular weight excluding hydrogens is 275 g/mol. The second-order valence-electron chi connectivity index (χ2n) is 4.43. The molecular formula is C12H14Cl2N2O2. The Labute approximate surface area is 116 Å². The van der Waals surface area contributed by atoms with E-state index in [-0.39, 0.29) is 29.0 Å². The van der Waals surface area contributed by atoms with Crippen LogP contribution in [0.3, 0.4) is 0 Å². The van der Waals surface area contributed by atoms with Crippen molar-refractivity contribution < 1.29 is 9.53 Å². The van der Waals surface area contributed by atoms with Crippen molar-refractivity contribution >= 4 is 29.1 Å². The quantitative estimate of drug-likeness (QED) is 0.746. The molecule has 0 radical (unpaired) electrons. The Kier molecular flexibility index (Phi) is 4.10. The van der Waals surface area contributed by atoms with E-state index in [1.807, 2.05) is 13.8 Å². The lowest BCUT2D eigenvalue weighted by Crippen LogP contribution is -2.48. The van der Waals surface area contributed by atoms with Crippen LogP contribution in [0.2, 0.25) is 10.2 Å². The highest BCUT2D eigenvalue weighted by molar-refractivity contribution is 6.34. The third kappa shape index (κ3) is 2.94. The van der Waals surface area contributed by atoms with Crippen LogP contribution in [0.4, 0.5) is 0 Å². The minimum atomic E-state index is -0.204. The average Bonchev–Trinajstić information content (AvgIpc) is 2.30. The van der Waals surface area contributed by atoms with E-state index in [0.717, 1.165) is 0 Å². The van der Waals surface area contributed by atoms with E-state index >= 15 is 0 Å². The molecule has 0 N–H and O–H groups in total. The van der Waals surface area contributed by atoms with Crippen LogP contribution in [0.25, 0.3) is 0 Å². The lowest BCUT2D eigenvalue weighted by molar-refractivity contribution is -0.0587. The summed E-state index contributed by atoms with van der Waals surface area (Å²) in [5.41, 5.74) is 0.200. The van der Waals surface area contributed by atoms with Crippen molar-refractivity contribution in [2.75, 3.05) is 13.1 Å². The topological polar surface area (TPSA) is 42.4 Å². The van der Waals surface area contributed by atoms with Gasteiger partial charge in [0.15, 0.2) is 0 Å². The van der Waals surface area contributed by atoms with Gasteiger partial charge in [-0.05, 0) is 26.0 Å². The maximum atomic E-state index is 12.3. The van der Waals surface area contributed by atoms with Crippen molar-refractivity contribution in [3.8, 4) is 0 Å². The molecule has 0 saturated carbocycles. The third-order valence-corrected chi connectivity index (χ3v) is 3.24. The molecule has 0 unspecified atom stereocenters. The monoisotopic (exact) mass is 288 g/mol. The number of pyridine rings is 1. The Morgan fingerprint density at radius 3 is 2.56 bits per heavy atom. The molecule has 1 aromatic rings. The largest absolute Gasteiger partial charge is 0.372 e. The molecule has 2 heterocycles. The van der Waals surface area contributed by atoms with Gasteiger partial charge in [-0.2, -0.15) is 0 Å². The van der Waals surface area contributed by atoms with Gasteiger partial charge in [0.25, 0.3) is 5.91 Å². The minimum Gasteiger partial charge on any atom is -0.372 e. The Hall–Kier alpha value is -0.840. The average molecular weight is 289 g/mol. The zero-order valence-electron chi connectivity index (χ0n) is 10.2. The summed E-state index contributed by atoms with van der Waals surface area (Å²) in [4.78, 5) is 18.0. The molecule has 0 bridgehead atoms. The van der Waals surface area contributed by atoms with E-state index in [1.54, 1.807) is 17.0 Å². The molecule has 0 aromatic carbocycles. The number of carbonyl (C=O) groups is 1. The van der Waals surface area contributed by atoms with Gasteiger partial charge in [0.2, 0.25) is 0 Å². The highest BCUT2D eigenvalue weighted by Gasteiger charge is 2.28. The fourth-order valence-electron chi connectivity index (χ4n) is 2.06. The molecule has 1 aliphatic rings. The molecule has 2 atom stereocenters. The lowest BCUT2D eigenvalue weighted by atomic mass is 10.2. The Morgan fingerprint density at radius 2 is 1.94 bits per heavy atom. The van der Waals surface area contributed by atoms with Crippen LogP contribution < -0.4 is 0 Å². The summed E-state index contributed by atoms with van der Waals surface area (Å²) in [6.45, 7) is 4.94. The lowest BCUT2D eigenvalue weighted by Gasteiger charge is -2.35. The summed E-state index contributed by atoms with van der Waals surface area (Å²) in [6.07, 6.45) is 0.0197. The van der Waals surface area contributed by atoms with Gasteiger partial charge in [-0.3, -0.25) is 4.79 Å². The highest BCUT2D eigenvalue weighted by Crippen LogP contribution is 2.20. The number of hydrogen-bond acceptors (Lipinski definition) is 3. The first-order chi connectivity index (χ1) is 8.47. The van der Waals surface area contributed by atoms with Crippen LogP contribution in [0.15, 0.2) is 12.1 Å². The van der Waals surface area contributed by atoms with Gasteiger partial charge in [-0.25, -0.2) is 4.98 Å². The molecule has 1 aromatic heterocycles. The maximum Gasteiger partial charge on any atom is 0.274 e. The first kappa shape index (κ1) is 13.6. The van der Waals surface area contributed by atoms with Gasteiger partial charge >= 0.3 is 0 Å². The Balaban J connectivity index is 2.22. The summed E-state index contributed by atoms with van der Waals surface area (Å²) >= 11 is 11.8. The van der Waals surface area contributed by atoms with Crippen molar-refractivity contribution in [1.82, 2.24) is 9.88 Å². The molecule has 18 heavy (non-hydrogen) atoms. The Bertz CT molecular complexity index is 457. The third-order valence-electron chi connectivity index (χ3n) is 2.72. The number of carbonyl (C=O) groups excluding carboxylic acids is 1. The van der Waals surface area contributed by atoms with Crippen molar-refractivity contribution in [3.63, 3.8) is 0 Å². The standard InChI is InChI=1S/C12H14Cl2N2O2/c1-7-5-16(6-8(2)18-7)12(17)11-9(13)3-4-10(14)15-11/h3-4,7-8H,5-6H2,1-2H3/t7-,8-/m1/s1. The molecule has 6 heteroatoms. The normalized spacial score (nSPS) is 24.1. The minimum absolute atomic E-state index is 0.00987. The molecule has 0 aliphatic carbocycles. The van der Waals surface area contributed by atoms with E-state index in [9.17, 15) is 4.79 Å². The number of hydrogen-bond donors (Lipinski definition) is 0. The van der Waals surface area contributed by atoms with Crippen molar-refractivity contribution in [1.29, 1.82) is 0 Å². The fourth-order valence-corrected chi connectivity index (χ4v) is 2.40. The molecule has 98 valence electrons. The molecule has 1 amide bonds. The molecule has 2 rings (SSSR count). The Morgan fingerprint density at radius 1 is 1.33 bits per heavy atom. The summed E-state index contributed by atoms with van der Waals surface area (Å²) in [7, 11) is 0. The number of rotatable bonds is 1. The van der Waals surface area contributed by atoms with Crippen molar-refractivity contribution in [2.24, 2.45) is 0 Å². The molecule has 1 saturated heterocycles. The summed E-state index contributed by atoms with van der Waals surface area (Å²) < 4.78 is 5.58. The number of ether oxygens (including phenoxy) is 1. The number of nitrogens with zero attached hydrogens (tertiary/aromatic N) is 2. The first-order valence-corrected chi connectivity index (χ1v) is 6.49. The maximum absolute atomic E-state index is 12.3. The van der Waals surface area contributed by atoms with Crippen LogP contribution in [0.1, 0.15) is 24.3 Å². The number of halogens is 2. The van der Waals surface area contributed by atoms with Gasteiger partial charge in [0.1, 0.15) is 10.8 Å². The molecule has 4 nitrogen and oxygen atoms in total. The smallest absolute Gasteiger partial charge is 0.274 e. The molecule has 1 fully saturated rings. The highest BCUT2D eigenvalue weighted by atomic mass is 35.5. The van der Waals surface area contributed by atoms with E-state index in [4.69, 9.17) is 27.9 Å². The van der Waals surface area contributed by atoms with Crippen LogP contribution >= 0.6 is 23.2 Å². The predicted octanol–water partition coefficient (Wildman–Crippen LogP) is 2.64. The summed E-state index contributed by atoms with van der Waals surface area (Å²) in [5.74, 6) is -0.204. The number of amides is 1. The van der Waals surface area contributed by atoms with Crippen LogP contribution in [0.5, 0.6) is 0 Å². The van der Waals surface area contributed by atoms with Crippen LogP contribution in [-0.4, -0.2) is 41.1 Å². The van der Waals surface area contributed by atoms with E-state index in [2.05, 4.69) is 4.98 Å². The summed E-state index contributed by atoms with van der Waals surface area (Å²) in [6, 6.07) is 3.14. The number of aromatic nitrogens is 1. The van der Waals surface area contributed by atoms with Crippen molar-refractivity contribution in [2.45, 2.75) is 26.1 Å². The van der Waals surface area contributed by atoms with Crippen LogP contribution in [0, 0.1) is 0 Å². The zero-order valence-corrected chi connectivity index (χ0v) is 11.7. The SMILES string of the molecule is C[C@@H]1CN(C(=O)c2nc(Cl)ccc2Cl)C[C@@H](C)O1.